The van der Waals surface area contributed by atoms with E-state index in [2.05, 4.69) is 0 Å². The van der Waals surface area contributed by atoms with Gasteiger partial charge >= 0.3 is 0 Å². The Morgan fingerprint density at radius 3 is 2.40 bits per heavy atom. The maximum absolute atomic E-state index is 10.5. The lowest BCUT2D eigenvalue weighted by atomic mass is 10.3. The molecule has 0 aliphatic carbocycles. The van der Waals surface area contributed by atoms with Crippen molar-refractivity contribution in [1.82, 2.24) is 0 Å². The molecule has 0 aromatic heterocycles. The van der Waals surface area contributed by atoms with Crippen molar-refractivity contribution in [2.45, 2.75) is 12.5 Å². The Morgan fingerprint density at radius 2 is 2.10 bits per heavy atom. The summed E-state index contributed by atoms with van der Waals surface area (Å²) in [5.41, 5.74) is 5.09. The number of hydrogen-bond donors (Lipinski definition) is 1. The molecule has 0 spiro atoms. The van der Waals surface area contributed by atoms with Crippen LogP contribution in [0.25, 0.3) is 0 Å². The van der Waals surface area contributed by atoms with Crippen LogP contribution in [0.1, 0.15) is 6.42 Å². The molecule has 10 heavy (non-hydrogen) atoms. The van der Waals surface area contributed by atoms with Gasteiger partial charge in [-0.3, -0.25) is 4.79 Å². The summed E-state index contributed by atoms with van der Waals surface area (Å²) in [7, 11) is -2.99. The molecule has 0 aliphatic heterocycles. The first-order chi connectivity index (χ1) is 4.45. The molecule has 0 saturated carbocycles. The van der Waals surface area contributed by atoms with Crippen molar-refractivity contribution in [2.24, 2.45) is 5.73 Å². The zero-order chi connectivity index (χ0) is 8.20. The first kappa shape index (κ1) is 9.58. The van der Waals surface area contributed by atoms with Crippen LogP contribution in [-0.4, -0.2) is 32.8 Å². The fraction of sp³-hybridized carbons (Fsp3) is 0.800. The number of carbonyl (C=O) groups excluding carboxylic acids is 1. The van der Waals surface area contributed by atoms with Gasteiger partial charge in [-0.2, -0.15) is 0 Å². The molecule has 0 amide bonds. The largest absolute Gasteiger partial charge is 0.321 e. The number of sulfone groups is 1. The van der Waals surface area contributed by atoms with Gasteiger partial charge in [0.2, 0.25) is 6.29 Å². The van der Waals surface area contributed by atoms with Crippen molar-refractivity contribution >= 4 is 16.1 Å². The molecule has 0 aromatic carbocycles. The average Bonchev–Trinajstić information content (AvgIpc) is 1.81. The maximum Gasteiger partial charge on any atom is 0.216 e. The van der Waals surface area contributed by atoms with Gasteiger partial charge in [0.15, 0.2) is 0 Å². The minimum absolute atomic E-state index is 0.0522. The maximum atomic E-state index is 10.5. The first-order valence-electron chi connectivity index (χ1n) is 2.76. The van der Waals surface area contributed by atoms with Crippen LogP contribution in [0.4, 0.5) is 0 Å². The Labute approximate surface area is 60.3 Å². The SMILES string of the molecule is CS(=O)(=O)CC[C@H](N)[C]=O. The predicted molar refractivity (Wildman–Crippen MR) is 38.0 cm³/mol. The summed E-state index contributed by atoms with van der Waals surface area (Å²) in [6.07, 6.45) is 2.76. The molecule has 0 heterocycles. The highest BCUT2D eigenvalue weighted by Gasteiger charge is 2.06. The minimum Gasteiger partial charge on any atom is -0.321 e. The molecule has 1 radical (unpaired) electrons. The van der Waals surface area contributed by atoms with Gasteiger partial charge in [-0.15, -0.1) is 0 Å². The summed E-state index contributed by atoms with van der Waals surface area (Å²) < 4.78 is 20.9. The topological polar surface area (TPSA) is 77.2 Å². The molecule has 5 heteroatoms. The first-order valence-corrected chi connectivity index (χ1v) is 4.83. The molecule has 0 fully saturated rings. The molecule has 0 bridgehead atoms. The standard InChI is InChI=1S/C5H10NO3S/c1-10(8,9)3-2-5(6)4-7/h5H,2-3,6H2,1H3/t5-/m0/s1. The minimum atomic E-state index is -2.99. The number of hydrogen-bond acceptors (Lipinski definition) is 4. The third-order valence-electron chi connectivity index (χ3n) is 0.951. The van der Waals surface area contributed by atoms with Crippen LogP contribution in [-0.2, 0) is 14.6 Å². The molecule has 0 aromatic rings. The van der Waals surface area contributed by atoms with Gasteiger partial charge in [-0.05, 0) is 6.42 Å². The smallest absolute Gasteiger partial charge is 0.216 e. The molecule has 1 atom stereocenters. The van der Waals surface area contributed by atoms with Crippen molar-refractivity contribution in [3.05, 3.63) is 0 Å². The second-order valence-corrected chi connectivity index (χ2v) is 4.40. The van der Waals surface area contributed by atoms with Crippen molar-refractivity contribution in [3.8, 4) is 0 Å². The zero-order valence-electron chi connectivity index (χ0n) is 5.70. The highest BCUT2D eigenvalue weighted by molar-refractivity contribution is 7.90. The Kier molecular flexibility index (Phi) is 3.52. The summed E-state index contributed by atoms with van der Waals surface area (Å²) in [4.78, 5) is 9.78. The normalized spacial score (nSPS) is 14.6. The Hall–Kier alpha value is -0.420. The van der Waals surface area contributed by atoms with Gasteiger partial charge in [0, 0.05) is 6.26 Å². The fourth-order valence-electron chi connectivity index (χ4n) is 0.400. The Balaban J connectivity index is 3.66. The van der Waals surface area contributed by atoms with Gasteiger partial charge in [0.05, 0.1) is 11.8 Å². The molecule has 59 valence electrons. The van der Waals surface area contributed by atoms with Crippen LogP contribution in [0.2, 0.25) is 0 Å². The average molecular weight is 164 g/mol. The van der Waals surface area contributed by atoms with E-state index in [1.807, 2.05) is 0 Å². The van der Waals surface area contributed by atoms with Crippen LogP contribution in [0.5, 0.6) is 0 Å². The number of nitrogens with two attached hydrogens (primary N) is 1. The summed E-state index contributed by atoms with van der Waals surface area (Å²) in [6, 6.07) is -0.769. The lowest BCUT2D eigenvalue weighted by Gasteiger charge is -1.99. The summed E-state index contributed by atoms with van der Waals surface area (Å²) >= 11 is 0. The molecule has 2 N–H and O–H groups in total. The van der Waals surface area contributed by atoms with Crippen LogP contribution in [0.15, 0.2) is 0 Å². The van der Waals surface area contributed by atoms with E-state index in [1.54, 1.807) is 0 Å². The van der Waals surface area contributed by atoms with E-state index in [4.69, 9.17) is 5.73 Å². The van der Waals surface area contributed by atoms with E-state index >= 15 is 0 Å². The van der Waals surface area contributed by atoms with E-state index in [9.17, 15) is 13.2 Å². The predicted octanol–water partition coefficient (Wildman–Crippen LogP) is -1.14. The van der Waals surface area contributed by atoms with Gasteiger partial charge in [0.1, 0.15) is 9.84 Å². The summed E-state index contributed by atoms with van der Waals surface area (Å²) in [6.45, 7) is 0. The van der Waals surface area contributed by atoms with E-state index in [0.29, 0.717) is 0 Å². The third-order valence-corrected chi connectivity index (χ3v) is 1.93. The summed E-state index contributed by atoms with van der Waals surface area (Å²) in [5.74, 6) is -0.0522. The molecule has 0 saturated heterocycles. The Bertz CT molecular complexity index is 197. The van der Waals surface area contributed by atoms with E-state index in [-0.39, 0.29) is 12.2 Å². The molecule has 4 nitrogen and oxygen atoms in total. The molecular formula is C5H10NO3S. The van der Waals surface area contributed by atoms with Crippen molar-refractivity contribution < 1.29 is 13.2 Å². The van der Waals surface area contributed by atoms with Crippen molar-refractivity contribution in [2.75, 3.05) is 12.0 Å². The van der Waals surface area contributed by atoms with Gasteiger partial charge in [-0.1, -0.05) is 0 Å². The monoisotopic (exact) mass is 164 g/mol. The van der Waals surface area contributed by atoms with E-state index in [1.165, 1.54) is 6.29 Å². The highest BCUT2D eigenvalue weighted by atomic mass is 32.2. The second-order valence-electron chi connectivity index (χ2n) is 2.14. The van der Waals surface area contributed by atoms with E-state index in [0.717, 1.165) is 6.26 Å². The van der Waals surface area contributed by atoms with Gasteiger partial charge in [-0.25, -0.2) is 8.42 Å². The summed E-state index contributed by atoms with van der Waals surface area (Å²) in [5, 5.41) is 0. The van der Waals surface area contributed by atoms with Crippen molar-refractivity contribution in [1.29, 1.82) is 0 Å². The van der Waals surface area contributed by atoms with Crippen LogP contribution >= 0.6 is 0 Å². The third kappa shape index (κ3) is 5.71. The fourth-order valence-corrected chi connectivity index (χ4v) is 1.08. The second kappa shape index (κ2) is 3.68. The molecular weight excluding hydrogens is 154 g/mol. The molecule has 0 aliphatic rings. The van der Waals surface area contributed by atoms with Crippen LogP contribution < -0.4 is 5.73 Å². The highest BCUT2D eigenvalue weighted by Crippen LogP contribution is 1.90. The van der Waals surface area contributed by atoms with Crippen LogP contribution in [0, 0.1) is 0 Å². The lowest BCUT2D eigenvalue weighted by Crippen LogP contribution is -2.24. The van der Waals surface area contributed by atoms with Gasteiger partial charge in [0.25, 0.3) is 0 Å². The molecule has 0 unspecified atom stereocenters. The van der Waals surface area contributed by atoms with E-state index < -0.39 is 15.9 Å². The molecule has 0 rings (SSSR count). The van der Waals surface area contributed by atoms with Gasteiger partial charge < -0.3 is 5.73 Å². The van der Waals surface area contributed by atoms with Crippen LogP contribution in [0.3, 0.4) is 0 Å². The lowest BCUT2D eigenvalue weighted by molar-refractivity contribution is 0.538. The Morgan fingerprint density at radius 1 is 1.60 bits per heavy atom. The number of rotatable bonds is 4. The quantitative estimate of drug-likeness (QED) is 0.569. The van der Waals surface area contributed by atoms with Crippen molar-refractivity contribution in [3.63, 3.8) is 0 Å². The zero-order valence-corrected chi connectivity index (χ0v) is 6.52.